The van der Waals surface area contributed by atoms with Gasteiger partial charge in [0.05, 0.1) is 6.61 Å². The summed E-state index contributed by atoms with van der Waals surface area (Å²) in [5.41, 5.74) is 6.39. The zero-order valence-electron chi connectivity index (χ0n) is 12.0. The topological polar surface area (TPSA) is 35.2 Å². The van der Waals surface area contributed by atoms with Crippen molar-refractivity contribution in [3.8, 4) is 5.75 Å². The van der Waals surface area contributed by atoms with Crippen LogP contribution in [0.5, 0.6) is 5.75 Å². The van der Waals surface area contributed by atoms with Crippen molar-refractivity contribution in [3.05, 3.63) is 29.3 Å². The predicted octanol–water partition coefficient (Wildman–Crippen LogP) is 3.81. The summed E-state index contributed by atoms with van der Waals surface area (Å²) in [6.45, 7) is 2.36. The van der Waals surface area contributed by atoms with Crippen LogP contribution in [0.25, 0.3) is 0 Å². The van der Waals surface area contributed by atoms with Crippen LogP contribution in [0.2, 0.25) is 0 Å². The third-order valence-electron chi connectivity index (χ3n) is 4.02. The standard InChI is InChI=1S/C16H23F2NO/c1-2-13(19)7-12-8-14(17)16(15(18)9-12)20-10-11-5-3-4-6-11/h8-9,11,13H,2-7,10,19H2,1H3. The molecule has 0 aliphatic heterocycles. The molecule has 20 heavy (non-hydrogen) atoms. The molecule has 1 aromatic rings. The highest BCUT2D eigenvalue weighted by molar-refractivity contribution is 5.31. The Kier molecular flexibility index (Phi) is 5.35. The summed E-state index contributed by atoms with van der Waals surface area (Å²) < 4.78 is 33.2. The van der Waals surface area contributed by atoms with Crippen LogP contribution in [-0.4, -0.2) is 12.6 Å². The van der Waals surface area contributed by atoms with Gasteiger partial charge in [0, 0.05) is 6.04 Å². The van der Waals surface area contributed by atoms with E-state index in [1.54, 1.807) is 0 Å². The highest BCUT2D eigenvalue weighted by atomic mass is 19.1. The molecule has 1 aromatic carbocycles. The zero-order chi connectivity index (χ0) is 14.5. The summed E-state index contributed by atoms with van der Waals surface area (Å²) in [6, 6.07) is 2.60. The summed E-state index contributed by atoms with van der Waals surface area (Å²) in [5.74, 6) is -1.06. The second kappa shape index (κ2) is 7.02. The molecule has 1 aliphatic rings. The smallest absolute Gasteiger partial charge is 0.190 e. The quantitative estimate of drug-likeness (QED) is 0.861. The normalized spacial score (nSPS) is 17.4. The maximum absolute atomic E-state index is 13.9. The summed E-state index contributed by atoms with van der Waals surface area (Å²) in [4.78, 5) is 0. The molecule has 0 saturated heterocycles. The van der Waals surface area contributed by atoms with E-state index in [4.69, 9.17) is 10.5 Å². The molecule has 2 N–H and O–H groups in total. The average Bonchev–Trinajstić information content (AvgIpc) is 2.90. The van der Waals surface area contributed by atoms with Gasteiger partial charge in [-0.05, 0) is 49.3 Å². The molecule has 1 unspecified atom stereocenters. The van der Waals surface area contributed by atoms with Gasteiger partial charge in [0.25, 0.3) is 0 Å². The molecule has 0 aromatic heterocycles. The molecule has 112 valence electrons. The number of halogens is 2. The van der Waals surface area contributed by atoms with Crippen LogP contribution < -0.4 is 10.5 Å². The third-order valence-corrected chi connectivity index (χ3v) is 4.02. The number of nitrogens with two attached hydrogens (primary N) is 1. The van der Waals surface area contributed by atoms with Crippen molar-refractivity contribution in [1.82, 2.24) is 0 Å². The van der Waals surface area contributed by atoms with Crippen molar-refractivity contribution in [3.63, 3.8) is 0 Å². The Bertz CT molecular complexity index is 421. The summed E-state index contributed by atoms with van der Waals surface area (Å²) >= 11 is 0. The minimum absolute atomic E-state index is 0.0703. The average molecular weight is 283 g/mol. The Labute approximate surface area is 119 Å². The summed E-state index contributed by atoms with van der Waals surface area (Å²) in [5, 5.41) is 0. The largest absolute Gasteiger partial charge is 0.487 e. The van der Waals surface area contributed by atoms with E-state index in [0.717, 1.165) is 19.3 Å². The van der Waals surface area contributed by atoms with Gasteiger partial charge < -0.3 is 10.5 Å². The fraction of sp³-hybridized carbons (Fsp3) is 0.625. The van der Waals surface area contributed by atoms with Gasteiger partial charge in [-0.1, -0.05) is 19.8 Å². The maximum atomic E-state index is 13.9. The van der Waals surface area contributed by atoms with E-state index < -0.39 is 11.6 Å². The van der Waals surface area contributed by atoms with E-state index in [1.165, 1.54) is 25.0 Å². The lowest BCUT2D eigenvalue weighted by atomic mass is 10.0. The SMILES string of the molecule is CCC(N)Cc1cc(F)c(OCC2CCCC2)c(F)c1. The van der Waals surface area contributed by atoms with E-state index in [1.807, 2.05) is 6.92 Å². The lowest BCUT2D eigenvalue weighted by Crippen LogP contribution is -2.21. The van der Waals surface area contributed by atoms with Crippen molar-refractivity contribution in [1.29, 1.82) is 0 Å². The fourth-order valence-electron chi connectivity index (χ4n) is 2.69. The molecule has 0 radical (unpaired) electrons. The Balaban J connectivity index is 2.01. The number of benzene rings is 1. The number of rotatable bonds is 6. The first kappa shape index (κ1) is 15.2. The third kappa shape index (κ3) is 3.92. The van der Waals surface area contributed by atoms with Gasteiger partial charge in [0.2, 0.25) is 0 Å². The van der Waals surface area contributed by atoms with E-state index >= 15 is 0 Å². The molecule has 0 amide bonds. The highest BCUT2D eigenvalue weighted by Gasteiger charge is 2.19. The van der Waals surface area contributed by atoms with E-state index in [2.05, 4.69) is 0 Å². The molecule has 1 fully saturated rings. The predicted molar refractivity (Wildman–Crippen MR) is 75.8 cm³/mol. The van der Waals surface area contributed by atoms with Crippen molar-refractivity contribution in [2.75, 3.05) is 6.61 Å². The molecule has 1 atom stereocenters. The number of hydrogen-bond donors (Lipinski definition) is 1. The minimum Gasteiger partial charge on any atom is -0.487 e. The molecule has 0 bridgehead atoms. The van der Waals surface area contributed by atoms with E-state index in [9.17, 15) is 8.78 Å². The van der Waals surface area contributed by atoms with Crippen LogP contribution in [0, 0.1) is 17.6 Å². The summed E-state index contributed by atoms with van der Waals surface area (Å²) in [7, 11) is 0. The lowest BCUT2D eigenvalue weighted by molar-refractivity contribution is 0.231. The molecule has 4 heteroatoms. The van der Waals surface area contributed by atoms with Crippen molar-refractivity contribution in [2.24, 2.45) is 11.7 Å². The van der Waals surface area contributed by atoms with Crippen LogP contribution in [0.1, 0.15) is 44.6 Å². The Morgan fingerprint density at radius 3 is 2.40 bits per heavy atom. The van der Waals surface area contributed by atoms with Crippen LogP contribution in [0.15, 0.2) is 12.1 Å². The molecule has 0 heterocycles. The van der Waals surface area contributed by atoms with Gasteiger partial charge in [0.15, 0.2) is 17.4 Å². The van der Waals surface area contributed by atoms with Crippen molar-refractivity contribution in [2.45, 2.75) is 51.5 Å². The molecule has 1 saturated carbocycles. The van der Waals surface area contributed by atoms with Crippen LogP contribution in [0.4, 0.5) is 8.78 Å². The van der Waals surface area contributed by atoms with Crippen LogP contribution in [0.3, 0.4) is 0 Å². The Morgan fingerprint density at radius 1 is 1.25 bits per heavy atom. The second-order valence-corrected chi connectivity index (χ2v) is 5.72. The zero-order valence-corrected chi connectivity index (χ0v) is 12.0. The van der Waals surface area contributed by atoms with Crippen LogP contribution in [-0.2, 0) is 6.42 Å². The minimum atomic E-state index is -0.624. The maximum Gasteiger partial charge on any atom is 0.190 e. The molecular formula is C16H23F2NO. The first-order chi connectivity index (χ1) is 9.60. The summed E-state index contributed by atoms with van der Waals surface area (Å²) in [6.07, 6.45) is 5.81. The van der Waals surface area contributed by atoms with Gasteiger partial charge in [0.1, 0.15) is 0 Å². The molecular weight excluding hydrogens is 260 g/mol. The molecule has 1 aliphatic carbocycles. The first-order valence-corrected chi connectivity index (χ1v) is 7.46. The van der Waals surface area contributed by atoms with Gasteiger partial charge in [-0.2, -0.15) is 0 Å². The van der Waals surface area contributed by atoms with Gasteiger partial charge >= 0.3 is 0 Å². The highest BCUT2D eigenvalue weighted by Crippen LogP contribution is 2.28. The first-order valence-electron chi connectivity index (χ1n) is 7.46. The lowest BCUT2D eigenvalue weighted by Gasteiger charge is -2.14. The fourth-order valence-corrected chi connectivity index (χ4v) is 2.69. The van der Waals surface area contributed by atoms with Gasteiger partial charge in [-0.25, -0.2) is 8.78 Å². The monoisotopic (exact) mass is 283 g/mol. The molecule has 2 nitrogen and oxygen atoms in total. The molecule has 0 spiro atoms. The molecule has 2 rings (SSSR count). The van der Waals surface area contributed by atoms with E-state index in [-0.39, 0.29) is 11.8 Å². The van der Waals surface area contributed by atoms with Gasteiger partial charge in [-0.15, -0.1) is 0 Å². The van der Waals surface area contributed by atoms with Crippen LogP contribution >= 0.6 is 0 Å². The van der Waals surface area contributed by atoms with Crippen molar-refractivity contribution >= 4 is 0 Å². The second-order valence-electron chi connectivity index (χ2n) is 5.72. The Hall–Kier alpha value is -1.16. The van der Waals surface area contributed by atoms with Gasteiger partial charge in [-0.3, -0.25) is 0 Å². The number of ether oxygens (including phenoxy) is 1. The van der Waals surface area contributed by atoms with E-state index in [0.29, 0.717) is 24.5 Å². The van der Waals surface area contributed by atoms with Crippen molar-refractivity contribution < 1.29 is 13.5 Å². The Morgan fingerprint density at radius 2 is 1.85 bits per heavy atom. The number of hydrogen-bond acceptors (Lipinski definition) is 2.